The number of hydrogen-bond acceptors (Lipinski definition) is 7. The maximum Gasteiger partial charge on any atom is 0.254 e. The fourth-order valence-electron chi connectivity index (χ4n) is 9.02. The number of nitrogens with zero attached hydrogens (tertiary/aromatic N) is 5. The molecule has 0 unspecified atom stereocenters. The predicted octanol–water partition coefficient (Wildman–Crippen LogP) is 3.87. The number of aliphatic hydroxyl groups is 1. The number of pyridine rings is 2. The lowest BCUT2D eigenvalue weighted by Gasteiger charge is -2.66. The van der Waals surface area contributed by atoms with Gasteiger partial charge in [0.25, 0.3) is 5.91 Å². The third-order valence-corrected chi connectivity index (χ3v) is 11.6. The number of aryl methyl sites for hydroxylation is 1. The van der Waals surface area contributed by atoms with Gasteiger partial charge in [-0.25, -0.2) is 9.97 Å². The van der Waals surface area contributed by atoms with Gasteiger partial charge in [-0.15, -0.1) is 0 Å². The van der Waals surface area contributed by atoms with Crippen LogP contribution in [0.15, 0.2) is 30.3 Å². The van der Waals surface area contributed by atoms with Crippen LogP contribution in [0.5, 0.6) is 5.88 Å². The van der Waals surface area contributed by atoms with Gasteiger partial charge in [0.2, 0.25) is 5.91 Å². The lowest BCUT2D eigenvalue weighted by atomic mass is 9.41. The van der Waals surface area contributed by atoms with Gasteiger partial charge in [-0.3, -0.25) is 14.0 Å². The fraction of sp³-hybridized carbons (Fsp3) is 0.543. The molecule has 4 aliphatic carbocycles. The molecule has 2 saturated heterocycles. The summed E-state index contributed by atoms with van der Waals surface area (Å²) in [5.41, 5.74) is 11.0. The molecule has 4 saturated carbocycles. The maximum absolute atomic E-state index is 13.8. The van der Waals surface area contributed by atoms with Crippen LogP contribution in [0.25, 0.3) is 28.1 Å². The van der Waals surface area contributed by atoms with Gasteiger partial charge in [-0.2, -0.15) is 0 Å². The Morgan fingerprint density at radius 1 is 1.13 bits per heavy atom. The Kier molecular flexibility index (Phi) is 5.87. The molecule has 4 aromatic heterocycles. The standard InChI is InChI=1S/C35H41N7O4/c1-18(37-33(44)34-15-35(45,16-34)17-34)25-8-6-21-10-27(40(31(21)38-25)14-20-4-5-20)30-19(2)41-28(39-30)11-22(12-29(41)46-3)32(43)42-23-7-9-26(42)24(36)13-23/h6,8,10-12,18,20,23-24,26,45H,4-5,7,9,13-17,36H2,1-3H3,(H,37,44)/t18-,23+,24-,26-,34?,35?/m1/s1. The Morgan fingerprint density at radius 2 is 1.91 bits per heavy atom. The number of aromatic nitrogens is 4. The molecule has 46 heavy (non-hydrogen) atoms. The lowest BCUT2D eigenvalue weighted by molar-refractivity contribution is -0.250. The summed E-state index contributed by atoms with van der Waals surface area (Å²) in [6.07, 6.45) is 6.88. The van der Waals surface area contributed by atoms with Gasteiger partial charge >= 0.3 is 0 Å². The lowest BCUT2D eigenvalue weighted by Crippen LogP contribution is -2.72. The molecule has 0 spiro atoms. The van der Waals surface area contributed by atoms with Crippen molar-refractivity contribution in [3.63, 3.8) is 0 Å². The van der Waals surface area contributed by atoms with E-state index >= 15 is 0 Å². The topological polar surface area (TPSA) is 140 Å². The van der Waals surface area contributed by atoms with Gasteiger partial charge in [-0.05, 0) is 95.4 Å². The molecule has 2 aliphatic heterocycles. The molecule has 10 rings (SSSR count). The Hall–Kier alpha value is -3.96. The zero-order chi connectivity index (χ0) is 31.7. The van der Waals surface area contributed by atoms with Crippen molar-refractivity contribution in [2.75, 3.05) is 7.11 Å². The van der Waals surface area contributed by atoms with Gasteiger partial charge in [0.05, 0.1) is 41.2 Å². The number of imidazole rings is 1. The van der Waals surface area contributed by atoms with Crippen LogP contribution in [0.1, 0.15) is 86.1 Å². The van der Waals surface area contributed by atoms with Crippen molar-refractivity contribution in [3.8, 4) is 17.3 Å². The van der Waals surface area contributed by atoms with E-state index in [0.717, 1.165) is 59.6 Å². The van der Waals surface area contributed by atoms with Crippen LogP contribution in [0.2, 0.25) is 0 Å². The molecular formula is C35H41N7O4. The number of fused-ring (bicyclic) bond motifs is 4. The minimum absolute atomic E-state index is 0.00542. The van der Waals surface area contributed by atoms with Gasteiger partial charge < -0.3 is 30.4 Å². The summed E-state index contributed by atoms with van der Waals surface area (Å²) < 4.78 is 10.1. The minimum atomic E-state index is -0.614. The van der Waals surface area contributed by atoms with Crippen molar-refractivity contribution >= 4 is 28.5 Å². The average Bonchev–Trinajstić information content (AvgIpc) is 3.33. The molecule has 4 bridgehead atoms. The number of amides is 2. The van der Waals surface area contributed by atoms with Gasteiger partial charge in [0.15, 0.2) is 5.88 Å². The van der Waals surface area contributed by atoms with Crippen LogP contribution < -0.4 is 15.8 Å². The predicted molar refractivity (Wildman–Crippen MR) is 171 cm³/mol. The summed E-state index contributed by atoms with van der Waals surface area (Å²) in [5, 5.41) is 14.3. The van der Waals surface area contributed by atoms with E-state index in [1.54, 1.807) is 7.11 Å². The highest BCUT2D eigenvalue weighted by Gasteiger charge is 2.71. The summed E-state index contributed by atoms with van der Waals surface area (Å²) in [7, 11) is 1.63. The van der Waals surface area contributed by atoms with Gasteiger partial charge in [0.1, 0.15) is 17.0 Å². The van der Waals surface area contributed by atoms with Crippen molar-refractivity contribution in [2.45, 2.75) is 102 Å². The number of nitrogens with one attached hydrogen (secondary N) is 1. The highest BCUT2D eigenvalue weighted by Crippen LogP contribution is 2.67. The van der Waals surface area contributed by atoms with Crippen molar-refractivity contribution in [1.29, 1.82) is 0 Å². The second-order valence-corrected chi connectivity index (χ2v) is 14.9. The summed E-state index contributed by atoms with van der Waals surface area (Å²) in [4.78, 5) is 39.1. The van der Waals surface area contributed by atoms with Gasteiger partial charge in [-0.1, -0.05) is 0 Å². The first-order valence-electron chi connectivity index (χ1n) is 16.8. The van der Waals surface area contributed by atoms with E-state index < -0.39 is 11.0 Å². The zero-order valence-electron chi connectivity index (χ0n) is 26.6. The number of methoxy groups -OCH3 is 1. The molecule has 11 heteroatoms. The van der Waals surface area contributed by atoms with E-state index in [4.69, 9.17) is 20.4 Å². The van der Waals surface area contributed by atoms with Crippen molar-refractivity contribution in [3.05, 3.63) is 47.3 Å². The summed E-state index contributed by atoms with van der Waals surface area (Å²) in [5.74, 6) is 1.16. The van der Waals surface area contributed by atoms with Crippen LogP contribution in [-0.2, 0) is 11.3 Å². The SMILES string of the molecule is COc1cc(C(=O)N2[C@H]3CC[C@@H]2[C@H](N)C3)cc2nc(-c3cc4ccc([C@@H](C)NC(=O)C56CC(O)(C5)C6)nc4n3CC3CC3)c(C)n12. The van der Waals surface area contributed by atoms with E-state index in [9.17, 15) is 14.7 Å². The second-order valence-electron chi connectivity index (χ2n) is 14.9. The highest BCUT2D eigenvalue weighted by molar-refractivity contribution is 5.97. The molecule has 11 nitrogen and oxygen atoms in total. The van der Waals surface area contributed by atoms with Gasteiger partial charge in [0, 0.05) is 41.7 Å². The first kappa shape index (κ1) is 28.3. The molecule has 2 amide bonds. The number of rotatable bonds is 8. The zero-order valence-corrected chi connectivity index (χ0v) is 26.6. The van der Waals surface area contributed by atoms with Crippen LogP contribution in [0, 0.1) is 18.3 Å². The molecule has 6 fully saturated rings. The summed E-state index contributed by atoms with van der Waals surface area (Å²) in [6.45, 7) is 4.85. The monoisotopic (exact) mass is 623 g/mol. The van der Waals surface area contributed by atoms with Crippen molar-refractivity contribution < 1.29 is 19.4 Å². The molecule has 240 valence electrons. The third kappa shape index (κ3) is 4.03. The smallest absolute Gasteiger partial charge is 0.254 e. The molecule has 0 aromatic carbocycles. The third-order valence-electron chi connectivity index (χ3n) is 11.6. The number of carbonyl (C=O) groups excluding carboxylic acids is 2. The molecule has 6 heterocycles. The number of carbonyl (C=O) groups is 2. The Bertz CT molecular complexity index is 1940. The normalized spacial score (nSPS) is 30.0. The largest absolute Gasteiger partial charge is 0.482 e. The number of nitrogens with two attached hydrogens (primary N) is 1. The average molecular weight is 624 g/mol. The molecule has 0 radical (unpaired) electrons. The molecule has 4 N–H and O–H groups in total. The maximum atomic E-state index is 13.8. The van der Waals surface area contributed by atoms with Crippen LogP contribution >= 0.6 is 0 Å². The van der Waals surface area contributed by atoms with E-state index in [1.807, 2.05) is 41.3 Å². The Balaban J connectivity index is 1.08. The molecule has 4 atom stereocenters. The van der Waals surface area contributed by atoms with E-state index in [-0.39, 0.29) is 36.0 Å². The van der Waals surface area contributed by atoms with Crippen LogP contribution in [-0.4, -0.2) is 71.6 Å². The first-order valence-corrected chi connectivity index (χ1v) is 16.8. The van der Waals surface area contributed by atoms with Crippen LogP contribution in [0.3, 0.4) is 0 Å². The van der Waals surface area contributed by atoms with E-state index in [1.165, 1.54) is 12.8 Å². The molecule has 6 aliphatic rings. The summed E-state index contributed by atoms with van der Waals surface area (Å²) >= 11 is 0. The van der Waals surface area contributed by atoms with E-state index in [0.29, 0.717) is 42.3 Å². The minimum Gasteiger partial charge on any atom is -0.482 e. The van der Waals surface area contributed by atoms with Crippen molar-refractivity contribution in [1.82, 2.24) is 29.2 Å². The Labute approximate surface area is 267 Å². The second kappa shape index (κ2) is 9.54. The molecule has 4 aromatic rings. The number of hydrogen-bond donors (Lipinski definition) is 3. The fourth-order valence-corrected chi connectivity index (χ4v) is 9.02. The van der Waals surface area contributed by atoms with Crippen LogP contribution in [0.4, 0.5) is 0 Å². The Morgan fingerprint density at radius 3 is 2.57 bits per heavy atom. The first-order chi connectivity index (χ1) is 22.1. The van der Waals surface area contributed by atoms with E-state index in [2.05, 4.69) is 22.0 Å². The summed E-state index contributed by atoms with van der Waals surface area (Å²) in [6, 6.07) is 10.0. The highest BCUT2D eigenvalue weighted by atomic mass is 16.5. The van der Waals surface area contributed by atoms with Crippen molar-refractivity contribution in [2.24, 2.45) is 17.1 Å². The number of ether oxygens (including phenoxy) is 1. The molecular weight excluding hydrogens is 582 g/mol. The quantitative estimate of drug-likeness (QED) is 0.271.